The van der Waals surface area contributed by atoms with Crippen molar-refractivity contribution >= 4 is 127 Å². The molecule has 83 heavy (non-hydrogen) atoms. The van der Waals surface area contributed by atoms with Gasteiger partial charge in [0.05, 0.1) is 35.1 Å². The molecule has 37 nitrogen and oxygen atoms in total. The Kier molecular flexibility index (Phi) is 41.0. The molecule has 4 amide bonds. The van der Waals surface area contributed by atoms with Crippen LogP contribution >= 0.6 is 69.7 Å². The predicted molar refractivity (Wildman–Crippen MR) is 274 cm³/mol. The average Bonchev–Trinajstić information content (AvgIpc) is 3.98. The third-order valence-corrected chi connectivity index (χ3v) is 16.2. The Labute approximate surface area is 579 Å². The van der Waals surface area contributed by atoms with E-state index in [0.717, 1.165) is 65.4 Å². The van der Waals surface area contributed by atoms with Crippen LogP contribution in [0.4, 0.5) is 10.3 Å². The molecule has 4 aromatic rings. The molecule has 0 radical (unpaired) electrons. The summed E-state index contributed by atoms with van der Waals surface area (Å²) in [4.78, 5) is 125. The van der Waals surface area contributed by atoms with Crippen LogP contribution in [0.3, 0.4) is 0 Å². The zero-order valence-electron chi connectivity index (χ0n) is 44.5. The summed E-state index contributed by atoms with van der Waals surface area (Å²) >= 11 is 6.61. The van der Waals surface area contributed by atoms with Crippen molar-refractivity contribution in [1.82, 2.24) is 59.9 Å². The number of aromatic nitrogens is 8. The number of aliphatic carboxylic acids is 2. The number of nitrogens with one attached hydrogen (secondary N) is 2. The number of thiazole rings is 2. The normalized spacial score (nSPS) is 17.0. The van der Waals surface area contributed by atoms with Crippen molar-refractivity contribution in [3.05, 3.63) is 65.4 Å². The number of amides is 4. The molecule has 436 valence electrons. The van der Waals surface area contributed by atoms with Crippen LogP contribution in [-0.4, -0.2) is 195 Å². The van der Waals surface area contributed by atoms with E-state index in [9.17, 15) is 58.8 Å². The van der Waals surface area contributed by atoms with Crippen LogP contribution in [0.5, 0.6) is 11.8 Å². The number of fused-ring (bicyclic) bond motifs is 2. The second-order valence-corrected chi connectivity index (χ2v) is 20.3. The van der Waals surface area contributed by atoms with Crippen LogP contribution in [-0.2, 0) is 52.5 Å². The largest absolute Gasteiger partial charge is 1.00 e. The summed E-state index contributed by atoms with van der Waals surface area (Å²) in [5, 5.41) is 68.2. The molecule has 47 heteroatoms. The topological polar surface area (TPSA) is 662 Å². The van der Waals surface area contributed by atoms with E-state index in [2.05, 4.69) is 51.1 Å². The first-order chi connectivity index (χ1) is 34.2. The van der Waals surface area contributed by atoms with E-state index in [0.29, 0.717) is 11.1 Å². The molecule has 0 aliphatic carbocycles. The number of aryl methyl sites for hydroxylation is 2. The van der Waals surface area contributed by atoms with E-state index in [-0.39, 0.29) is 234 Å². The Balaban J connectivity index is -0.000000431. The molecule has 8 rings (SSSR count). The summed E-state index contributed by atoms with van der Waals surface area (Å²) in [6, 6.07) is -2.05. The zero-order valence-corrected chi connectivity index (χ0v) is 57.4. The Morgan fingerprint density at radius 1 is 0.627 bits per heavy atom. The summed E-state index contributed by atoms with van der Waals surface area (Å²) in [7, 11) is 5.32. The van der Waals surface area contributed by atoms with Gasteiger partial charge in [0.2, 0.25) is 0 Å². The maximum atomic E-state index is 12.9. The van der Waals surface area contributed by atoms with Crippen LogP contribution in [0.15, 0.2) is 63.5 Å². The van der Waals surface area contributed by atoms with E-state index in [1.54, 1.807) is 0 Å². The number of carboxylic acid groups (broad SMARTS) is 2. The minimum atomic E-state index is -1.57. The first-order valence-corrected chi connectivity index (χ1v) is 25.6. The van der Waals surface area contributed by atoms with Crippen molar-refractivity contribution in [1.29, 1.82) is 0 Å². The van der Waals surface area contributed by atoms with E-state index in [4.69, 9.17) is 21.1 Å². The summed E-state index contributed by atoms with van der Waals surface area (Å²) in [6.07, 6.45) is 0. The molecule has 4 aromatic heterocycles. The number of anilines is 2. The second-order valence-electron chi connectivity index (χ2n) is 14.4. The number of thioether (sulfide) groups is 4. The SMILES string of the molecule is CO/N=C(/C(=O)N[C@@H]1C(=O)N2C(C(=O)[O-])=C(CSc3nc(=O)c([O-])nn3C)CS[C@H]12)c1csc(N)n1.CO/N=C(/C(=O)N[C@@H]1C(=O)N2C(C(=O)[O-])=C(CSc3nc(=O)c([O-])nn3C)CS[C@H]12)c1csc(N)n1.O.O.O.O.O.O.O.[Na+].[Na+].[Na+].[Na+]. The summed E-state index contributed by atoms with van der Waals surface area (Å²) in [5.74, 6) is -7.48. The fraction of sp³-hybridized carbons (Fsp3) is 0.333. The van der Waals surface area contributed by atoms with Crippen molar-refractivity contribution in [3.63, 3.8) is 0 Å². The van der Waals surface area contributed by atoms with Crippen LogP contribution in [0.1, 0.15) is 11.4 Å². The number of β-lactam (4-membered cyclic amide) rings is 2. The van der Waals surface area contributed by atoms with Crippen molar-refractivity contribution in [2.75, 3.05) is 48.7 Å². The Hall–Kier alpha value is -3.56. The Bertz CT molecular complexity index is 2980. The fourth-order valence-electron chi connectivity index (χ4n) is 6.78. The molecule has 8 heterocycles. The fourth-order valence-corrected chi connectivity index (χ4v) is 12.7. The van der Waals surface area contributed by atoms with Gasteiger partial charge in [-0.3, -0.25) is 38.6 Å². The van der Waals surface area contributed by atoms with Crippen molar-refractivity contribution in [2.45, 2.75) is 33.1 Å². The monoisotopic (exact) mass is 1320 g/mol. The molecule has 2 fully saturated rings. The number of oxime groups is 2. The van der Waals surface area contributed by atoms with Gasteiger partial charge in [-0.15, -0.1) is 46.2 Å². The van der Waals surface area contributed by atoms with E-state index in [1.807, 2.05) is 0 Å². The number of nitrogens with zero attached hydrogens (tertiary/aromatic N) is 12. The number of nitrogens with two attached hydrogens (primary N) is 2. The minimum Gasteiger partial charge on any atom is -0.854 e. The number of carbonyl (C=O) groups excluding carboxylic acids is 6. The average molecular weight is 1320 g/mol. The Morgan fingerprint density at radius 3 is 1.23 bits per heavy atom. The number of nitrogen functional groups attached to an aromatic ring is 2. The van der Waals surface area contributed by atoms with E-state index < -0.39 is 81.3 Å². The smallest absolute Gasteiger partial charge is 0.854 e. The standard InChI is InChI=1S/2C18H18N8O7S3.4Na.7H2O/c2*1-25-18(22-12(28)13(29)23-25)36-4-6-3-34-15-9(14(30)26(15)10(6)16(31)32)21-11(27)8(24-33-2)7-5-35-17(19)20-7;;;;;;;;;;;/h2*5,9,15H,3-4H2,1-2H3,(H2,19,20)(H,21,27)(H,23,29)(H,31,32);;;;;7*1H2/q;;4*+1;;;;;;;/p-4/b2*24-8+;;;;;;;;;;;/t2*9-,15-;;;;;;;;;;;/m11.........../s1. The van der Waals surface area contributed by atoms with Gasteiger partial charge in [0.1, 0.15) is 48.4 Å². The van der Waals surface area contributed by atoms with Gasteiger partial charge in [0.25, 0.3) is 34.7 Å². The minimum absolute atomic E-state index is 0. The Morgan fingerprint density at radius 2 is 0.952 bits per heavy atom. The number of carbonyl (C=O) groups is 6. The van der Waals surface area contributed by atoms with Crippen molar-refractivity contribution < 1.29 is 215 Å². The van der Waals surface area contributed by atoms with E-state index >= 15 is 0 Å². The van der Waals surface area contributed by atoms with Gasteiger partial charge < -0.3 is 100 Å². The van der Waals surface area contributed by atoms with Crippen LogP contribution < -0.4 is 172 Å². The van der Waals surface area contributed by atoms with Gasteiger partial charge in [-0.25, -0.2) is 19.3 Å². The molecule has 4 aliphatic rings. The van der Waals surface area contributed by atoms with Gasteiger partial charge in [-0.2, -0.15) is 20.2 Å². The maximum absolute atomic E-state index is 12.9. The molecule has 0 unspecified atom stereocenters. The quantitative estimate of drug-likeness (QED) is 0.0266. The molecule has 20 N–H and O–H groups in total. The summed E-state index contributed by atoms with van der Waals surface area (Å²) in [6.45, 7) is 0. The van der Waals surface area contributed by atoms with Crippen LogP contribution in [0, 0.1) is 0 Å². The van der Waals surface area contributed by atoms with Crippen molar-refractivity contribution in [3.8, 4) is 11.8 Å². The first-order valence-electron chi connectivity index (χ1n) is 19.8. The van der Waals surface area contributed by atoms with Gasteiger partial charge in [0, 0.05) is 47.9 Å². The van der Waals surface area contributed by atoms with Gasteiger partial charge in [-0.1, -0.05) is 33.8 Å². The zero-order chi connectivity index (χ0) is 52.3. The molecule has 4 atom stereocenters. The third kappa shape index (κ3) is 19.7. The van der Waals surface area contributed by atoms with Crippen molar-refractivity contribution in [2.24, 2.45) is 24.4 Å². The molecule has 0 bridgehead atoms. The molecule has 2 saturated heterocycles. The van der Waals surface area contributed by atoms with Gasteiger partial charge >= 0.3 is 118 Å². The second kappa shape index (κ2) is 38.6. The number of carboxylic acids is 2. The molecular formula is C36H46N16Na4O21S6. The number of hydrogen-bond donors (Lipinski definition) is 4. The predicted octanol–water partition coefficient (Wildman–Crippen LogP) is -24.1. The number of hydrogen-bond acceptors (Lipinski definition) is 30. The molecule has 0 saturated carbocycles. The van der Waals surface area contributed by atoms with Crippen LogP contribution in [0.25, 0.3) is 0 Å². The first kappa shape index (κ1) is 88.2. The molecule has 0 spiro atoms. The molecule has 0 aromatic carbocycles. The van der Waals surface area contributed by atoms with Crippen LogP contribution in [0.2, 0.25) is 0 Å². The van der Waals surface area contributed by atoms with Gasteiger partial charge in [0.15, 0.2) is 32.0 Å². The third-order valence-electron chi connectivity index (χ3n) is 9.93. The summed E-state index contributed by atoms with van der Waals surface area (Å²) < 4.78 is 2.23. The maximum Gasteiger partial charge on any atom is 1.00 e. The van der Waals surface area contributed by atoms with Gasteiger partial charge in [-0.05, 0) is 11.1 Å². The number of rotatable bonds is 16. The summed E-state index contributed by atoms with van der Waals surface area (Å²) in [5.41, 5.74) is 9.14. The van der Waals surface area contributed by atoms with E-state index in [1.165, 1.54) is 62.6 Å². The molecular weight excluding hydrogens is 1280 g/mol. The molecule has 4 aliphatic heterocycles.